The summed E-state index contributed by atoms with van der Waals surface area (Å²) in [4.78, 5) is 1.82. The van der Waals surface area contributed by atoms with Crippen LogP contribution in [0.1, 0.15) is 23.1 Å². The van der Waals surface area contributed by atoms with Gasteiger partial charge in [0.05, 0.1) is 11.5 Å². The van der Waals surface area contributed by atoms with Crippen LogP contribution in [0, 0.1) is 20.8 Å². The first-order valence-electron chi connectivity index (χ1n) is 8.20. The van der Waals surface area contributed by atoms with E-state index in [-0.39, 0.29) is 4.90 Å². The molecule has 26 heavy (non-hydrogen) atoms. The molecule has 3 rings (SSSR count). The third kappa shape index (κ3) is 3.61. The summed E-state index contributed by atoms with van der Waals surface area (Å²) >= 11 is 1.42. The number of rotatable bonds is 6. The number of sulfonamides is 1. The first kappa shape index (κ1) is 18.5. The summed E-state index contributed by atoms with van der Waals surface area (Å²) in [5, 5.41) is 7.23. The molecule has 0 amide bonds. The lowest BCUT2D eigenvalue weighted by Gasteiger charge is -2.08. The molecule has 2 heterocycles. The second kappa shape index (κ2) is 7.13. The van der Waals surface area contributed by atoms with Gasteiger partial charge in [-0.3, -0.25) is 9.82 Å². The zero-order chi connectivity index (χ0) is 18.9. The molecule has 0 saturated heterocycles. The van der Waals surface area contributed by atoms with E-state index in [9.17, 15) is 8.42 Å². The van der Waals surface area contributed by atoms with Crippen molar-refractivity contribution in [2.75, 3.05) is 11.3 Å². The Hall–Kier alpha value is -2.32. The summed E-state index contributed by atoms with van der Waals surface area (Å²) in [6.07, 6.45) is 0. The fourth-order valence-electron chi connectivity index (χ4n) is 2.57. The van der Waals surface area contributed by atoms with Crippen molar-refractivity contribution >= 4 is 27.0 Å². The Morgan fingerprint density at radius 1 is 1.19 bits per heavy atom. The summed E-state index contributed by atoms with van der Waals surface area (Å²) in [5.41, 5.74) is 3.28. The second-order valence-electron chi connectivity index (χ2n) is 5.92. The zero-order valence-electron chi connectivity index (χ0n) is 15.1. The van der Waals surface area contributed by atoms with Gasteiger partial charge in [0.15, 0.2) is 0 Å². The summed E-state index contributed by atoms with van der Waals surface area (Å²) < 4.78 is 33.6. The molecule has 0 bridgehead atoms. The van der Waals surface area contributed by atoms with Crippen LogP contribution in [0.3, 0.4) is 0 Å². The highest BCUT2D eigenvalue weighted by Crippen LogP contribution is 2.35. The van der Waals surface area contributed by atoms with Gasteiger partial charge < -0.3 is 4.74 Å². The number of anilines is 1. The van der Waals surface area contributed by atoms with Gasteiger partial charge in [0.1, 0.15) is 16.3 Å². The van der Waals surface area contributed by atoms with Crippen molar-refractivity contribution in [3.05, 3.63) is 46.5 Å². The number of thiophene rings is 1. The summed E-state index contributed by atoms with van der Waals surface area (Å²) in [5.74, 6) is 0.703. The van der Waals surface area contributed by atoms with Crippen LogP contribution in [0.15, 0.2) is 35.2 Å². The van der Waals surface area contributed by atoms with Gasteiger partial charge in [-0.1, -0.05) is 0 Å². The van der Waals surface area contributed by atoms with Crippen molar-refractivity contribution in [2.45, 2.75) is 32.6 Å². The zero-order valence-corrected chi connectivity index (χ0v) is 16.7. The number of H-pyrrole nitrogens is 1. The molecule has 138 valence electrons. The molecular formula is C18H21N3O3S2. The van der Waals surface area contributed by atoms with Crippen LogP contribution >= 0.6 is 11.3 Å². The highest BCUT2D eigenvalue weighted by molar-refractivity contribution is 7.93. The Labute approximate surface area is 157 Å². The number of hydrogen-bond acceptors (Lipinski definition) is 5. The fraction of sp³-hybridized carbons (Fsp3) is 0.278. The van der Waals surface area contributed by atoms with Crippen molar-refractivity contribution in [2.24, 2.45) is 0 Å². The predicted molar refractivity (Wildman–Crippen MR) is 105 cm³/mol. The molecule has 2 N–H and O–H groups in total. The van der Waals surface area contributed by atoms with Crippen molar-refractivity contribution in [1.82, 2.24) is 10.2 Å². The predicted octanol–water partition coefficient (Wildman–Crippen LogP) is 4.26. The smallest absolute Gasteiger partial charge is 0.263 e. The van der Waals surface area contributed by atoms with E-state index in [0.29, 0.717) is 18.0 Å². The molecule has 0 aliphatic heterocycles. The maximum Gasteiger partial charge on any atom is 0.263 e. The van der Waals surface area contributed by atoms with Crippen molar-refractivity contribution in [3.63, 3.8) is 0 Å². The highest BCUT2D eigenvalue weighted by Gasteiger charge is 2.22. The molecule has 1 aromatic carbocycles. The van der Waals surface area contributed by atoms with Crippen LogP contribution in [-0.4, -0.2) is 25.2 Å². The summed E-state index contributed by atoms with van der Waals surface area (Å²) in [7, 11) is -3.68. The maximum atomic E-state index is 12.8. The minimum atomic E-state index is -3.68. The number of nitrogens with zero attached hydrogens (tertiary/aromatic N) is 1. The lowest BCUT2D eigenvalue weighted by Crippen LogP contribution is -2.13. The molecule has 0 spiro atoms. The summed E-state index contributed by atoms with van der Waals surface area (Å²) in [6.45, 7) is 8.17. The number of hydrogen-bond donors (Lipinski definition) is 2. The lowest BCUT2D eigenvalue weighted by molar-refractivity contribution is 0.340. The molecular weight excluding hydrogens is 370 g/mol. The highest BCUT2D eigenvalue weighted by atomic mass is 32.2. The van der Waals surface area contributed by atoms with Gasteiger partial charge in [-0.25, -0.2) is 8.42 Å². The quantitative estimate of drug-likeness (QED) is 0.657. The molecule has 0 aliphatic rings. The van der Waals surface area contributed by atoms with Crippen molar-refractivity contribution < 1.29 is 13.2 Å². The minimum absolute atomic E-state index is 0.270. The van der Waals surface area contributed by atoms with Gasteiger partial charge >= 0.3 is 0 Å². The standard InChI is InChI=1S/C18H21N3O3S2/c1-5-24-15-8-6-14(7-9-15)21-26(22,23)17-10-16(25-13(17)4)18-11(2)12(3)19-20-18/h6-10,21H,5H2,1-4H3,(H,19,20). The Bertz CT molecular complexity index is 1020. The van der Waals surface area contributed by atoms with E-state index in [1.165, 1.54) is 11.3 Å². The Morgan fingerprint density at radius 3 is 2.46 bits per heavy atom. The van der Waals surface area contributed by atoms with E-state index in [0.717, 1.165) is 26.7 Å². The van der Waals surface area contributed by atoms with Crippen LogP contribution in [-0.2, 0) is 10.0 Å². The molecule has 2 aromatic heterocycles. The molecule has 0 aliphatic carbocycles. The van der Waals surface area contributed by atoms with E-state index in [4.69, 9.17) is 4.74 Å². The molecule has 6 nitrogen and oxygen atoms in total. The topological polar surface area (TPSA) is 84.1 Å². The monoisotopic (exact) mass is 391 g/mol. The summed E-state index contributed by atoms with van der Waals surface area (Å²) in [6, 6.07) is 8.53. The SMILES string of the molecule is CCOc1ccc(NS(=O)(=O)c2cc(-c3n[nH]c(C)c3C)sc2C)cc1. The van der Waals surface area contributed by atoms with E-state index in [1.54, 1.807) is 37.3 Å². The molecule has 0 radical (unpaired) electrons. The van der Waals surface area contributed by atoms with Gasteiger partial charge in [0.25, 0.3) is 10.0 Å². The van der Waals surface area contributed by atoms with Crippen LogP contribution < -0.4 is 9.46 Å². The molecule has 0 fully saturated rings. The second-order valence-corrected chi connectivity index (χ2v) is 8.82. The van der Waals surface area contributed by atoms with Gasteiger partial charge in [-0.15, -0.1) is 11.3 Å². The minimum Gasteiger partial charge on any atom is -0.494 e. The van der Waals surface area contributed by atoms with Gasteiger partial charge in [0, 0.05) is 16.3 Å². The van der Waals surface area contributed by atoms with Crippen LogP contribution in [0.2, 0.25) is 0 Å². The number of aromatic nitrogens is 2. The van der Waals surface area contributed by atoms with E-state index >= 15 is 0 Å². The van der Waals surface area contributed by atoms with Crippen molar-refractivity contribution in [3.8, 4) is 16.3 Å². The van der Waals surface area contributed by atoms with Crippen molar-refractivity contribution in [1.29, 1.82) is 0 Å². The van der Waals surface area contributed by atoms with Crippen LogP contribution in [0.4, 0.5) is 5.69 Å². The number of aryl methyl sites for hydroxylation is 2. The van der Waals surface area contributed by atoms with E-state index in [2.05, 4.69) is 14.9 Å². The number of nitrogens with one attached hydrogen (secondary N) is 2. The first-order chi connectivity index (χ1) is 12.3. The molecule has 8 heteroatoms. The number of ether oxygens (including phenoxy) is 1. The van der Waals surface area contributed by atoms with Gasteiger partial charge in [0.2, 0.25) is 0 Å². The van der Waals surface area contributed by atoms with Crippen LogP contribution in [0.5, 0.6) is 5.75 Å². The largest absolute Gasteiger partial charge is 0.494 e. The van der Waals surface area contributed by atoms with E-state index in [1.807, 2.05) is 20.8 Å². The number of aromatic amines is 1. The third-order valence-corrected chi connectivity index (χ3v) is 6.76. The van der Waals surface area contributed by atoms with Gasteiger partial charge in [-0.05, 0) is 63.6 Å². The first-order valence-corrected chi connectivity index (χ1v) is 10.5. The molecule has 3 aromatic rings. The Morgan fingerprint density at radius 2 is 1.88 bits per heavy atom. The maximum absolute atomic E-state index is 12.8. The number of benzene rings is 1. The Kier molecular flexibility index (Phi) is 5.06. The van der Waals surface area contributed by atoms with Crippen LogP contribution in [0.25, 0.3) is 10.6 Å². The third-order valence-electron chi connectivity index (χ3n) is 4.07. The Balaban J connectivity index is 1.89. The van der Waals surface area contributed by atoms with E-state index < -0.39 is 10.0 Å². The fourth-order valence-corrected chi connectivity index (χ4v) is 5.27. The van der Waals surface area contributed by atoms with Gasteiger partial charge in [-0.2, -0.15) is 5.10 Å². The average Bonchev–Trinajstić information content (AvgIpc) is 3.13. The molecule has 0 saturated carbocycles. The normalized spacial score (nSPS) is 11.5. The molecule has 0 unspecified atom stereocenters. The lowest BCUT2D eigenvalue weighted by atomic mass is 10.2. The average molecular weight is 392 g/mol. The molecule has 0 atom stereocenters.